The van der Waals surface area contributed by atoms with E-state index in [9.17, 15) is 4.79 Å². The highest BCUT2D eigenvalue weighted by Crippen LogP contribution is 2.24. The predicted octanol–water partition coefficient (Wildman–Crippen LogP) is 3.84. The van der Waals surface area contributed by atoms with Crippen LogP contribution in [0.2, 0.25) is 0 Å². The monoisotopic (exact) mass is 396 g/mol. The number of carbonyl (C=O) groups excluding carboxylic acids is 1. The predicted molar refractivity (Wildman–Crippen MR) is 117 cm³/mol. The molecule has 0 bridgehead atoms. The van der Waals surface area contributed by atoms with Crippen LogP contribution < -0.4 is 10.1 Å². The Balaban J connectivity index is 1.30. The number of H-pyrrole nitrogens is 1. The van der Waals surface area contributed by atoms with Crippen molar-refractivity contribution in [1.82, 2.24) is 15.3 Å². The first-order valence-electron chi connectivity index (χ1n) is 9.86. The zero-order chi connectivity index (χ0) is 20.3. The maximum absolute atomic E-state index is 12.2. The van der Waals surface area contributed by atoms with E-state index < -0.39 is 0 Å². The van der Waals surface area contributed by atoms with Gasteiger partial charge in [0, 0.05) is 23.2 Å². The van der Waals surface area contributed by atoms with Gasteiger partial charge in [-0.2, -0.15) is 0 Å². The first-order chi connectivity index (χ1) is 14.8. The van der Waals surface area contributed by atoms with Gasteiger partial charge >= 0.3 is 0 Å². The summed E-state index contributed by atoms with van der Waals surface area (Å²) in [4.78, 5) is 24.7. The molecule has 1 aliphatic heterocycles. The molecule has 1 aromatic heterocycles. The van der Waals surface area contributed by atoms with Gasteiger partial charge in [-0.15, -0.1) is 0 Å². The Kier molecular flexibility index (Phi) is 4.73. The molecule has 0 spiro atoms. The molecular weight excluding hydrogens is 376 g/mol. The molecule has 6 nitrogen and oxygen atoms in total. The largest absolute Gasteiger partial charge is 0.485 e. The van der Waals surface area contributed by atoms with Gasteiger partial charge in [-0.3, -0.25) is 9.79 Å². The lowest BCUT2D eigenvalue weighted by Gasteiger charge is -2.06. The van der Waals surface area contributed by atoms with E-state index in [1.165, 1.54) is 0 Å². The molecule has 6 heteroatoms. The van der Waals surface area contributed by atoms with Crippen molar-refractivity contribution in [3.63, 3.8) is 0 Å². The Bertz CT molecular complexity index is 1230. The van der Waals surface area contributed by atoms with Crippen molar-refractivity contribution >= 4 is 22.7 Å². The average Bonchev–Trinajstić information content (AvgIpc) is 3.48. The molecule has 0 amide bonds. The number of ketones is 1. The molecule has 0 radical (unpaired) electrons. The molecule has 0 unspecified atom stereocenters. The first-order valence-corrected chi connectivity index (χ1v) is 9.86. The molecule has 30 heavy (non-hydrogen) atoms. The number of hydrogen-bond donors (Lipinski definition) is 2. The molecule has 0 fully saturated rings. The lowest BCUT2D eigenvalue weighted by molar-refractivity contribution is 0.0921. The van der Waals surface area contributed by atoms with Crippen molar-refractivity contribution in [2.75, 3.05) is 19.7 Å². The number of hydrogen-bond acceptors (Lipinski definition) is 5. The van der Waals surface area contributed by atoms with Gasteiger partial charge in [0.15, 0.2) is 12.4 Å². The third-order valence-corrected chi connectivity index (χ3v) is 5.02. The van der Waals surface area contributed by atoms with Crippen molar-refractivity contribution in [2.45, 2.75) is 0 Å². The summed E-state index contributed by atoms with van der Waals surface area (Å²) in [6.07, 6.45) is 0. The number of fused-ring (bicyclic) bond motifs is 1. The smallest absolute Gasteiger partial charge is 0.200 e. The molecule has 0 aliphatic carbocycles. The fourth-order valence-electron chi connectivity index (χ4n) is 3.45. The number of ether oxygens (including phenoxy) is 1. The second kappa shape index (κ2) is 7.83. The molecule has 4 aromatic rings. The van der Waals surface area contributed by atoms with E-state index in [1.807, 2.05) is 54.6 Å². The van der Waals surface area contributed by atoms with Gasteiger partial charge in [0.1, 0.15) is 17.4 Å². The SMILES string of the molecule is O=C(COc1ccc(-c2nc3ccc(C4=NCCN4)cc3[nH]2)cc1)c1ccccc1. The van der Waals surface area contributed by atoms with Crippen LogP contribution in [0.4, 0.5) is 0 Å². The standard InChI is InChI=1S/C24H20N4O2/c29-22(16-4-2-1-3-5-16)15-30-19-9-6-17(7-10-19)24-27-20-11-8-18(14-21(20)28-24)23-25-12-13-26-23/h1-11,14H,12-13,15H2,(H,25,26)(H,27,28). The molecule has 3 aromatic carbocycles. The van der Waals surface area contributed by atoms with Crippen molar-refractivity contribution < 1.29 is 9.53 Å². The third-order valence-electron chi connectivity index (χ3n) is 5.02. The van der Waals surface area contributed by atoms with E-state index >= 15 is 0 Å². The zero-order valence-corrected chi connectivity index (χ0v) is 16.3. The second-order valence-corrected chi connectivity index (χ2v) is 7.08. The number of nitrogens with zero attached hydrogens (tertiary/aromatic N) is 2. The summed E-state index contributed by atoms with van der Waals surface area (Å²) in [5.74, 6) is 2.32. The summed E-state index contributed by atoms with van der Waals surface area (Å²) in [5, 5.41) is 3.29. The van der Waals surface area contributed by atoms with Crippen molar-refractivity contribution in [2.24, 2.45) is 4.99 Å². The Morgan fingerprint density at radius 2 is 1.77 bits per heavy atom. The minimum Gasteiger partial charge on any atom is -0.485 e. The summed E-state index contributed by atoms with van der Waals surface area (Å²) in [7, 11) is 0. The Morgan fingerprint density at radius 1 is 0.967 bits per heavy atom. The van der Waals surface area contributed by atoms with Crippen LogP contribution in [0.5, 0.6) is 5.75 Å². The van der Waals surface area contributed by atoms with Crippen LogP contribution in [0.25, 0.3) is 22.4 Å². The normalized spacial score (nSPS) is 13.1. The Morgan fingerprint density at radius 3 is 2.53 bits per heavy atom. The van der Waals surface area contributed by atoms with Gasteiger partial charge in [-0.1, -0.05) is 30.3 Å². The molecule has 2 heterocycles. The van der Waals surface area contributed by atoms with E-state index in [1.54, 1.807) is 12.1 Å². The van der Waals surface area contributed by atoms with E-state index in [-0.39, 0.29) is 12.4 Å². The van der Waals surface area contributed by atoms with E-state index in [2.05, 4.69) is 26.3 Å². The highest BCUT2D eigenvalue weighted by atomic mass is 16.5. The van der Waals surface area contributed by atoms with Crippen LogP contribution in [0.1, 0.15) is 15.9 Å². The molecular formula is C24H20N4O2. The summed E-state index contributed by atoms with van der Waals surface area (Å²) in [6.45, 7) is 1.70. The highest BCUT2D eigenvalue weighted by Gasteiger charge is 2.11. The number of carbonyl (C=O) groups is 1. The molecule has 0 saturated carbocycles. The van der Waals surface area contributed by atoms with Crippen LogP contribution in [-0.4, -0.2) is 41.3 Å². The maximum atomic E-state index is 12.2. The number of aromatic amines is 1. The minimum absolute atomic E-state index is 0.00863. The van der Waals surface area contributed by atoms with E-state index in [0.29, 0.717) is 11.3 Å². The van der Waals surface area contributed by atoms with E-state index in [4.69, 9.17) is 4.74 Å². The fraction of sp³-hybridized carbons (Fsp3) is 0.125. The number of amidine groups is 1. The third kappa shape index (κ3) is 3.67. The first kappa shape index (κ1) is 18.1. The number of imidazole rings is 1. The number of Topliss-reactive ketones (excluding diaryl/α,β-unsaturated/α-hetero) is 1. The van der Waals surface area contributed by atoms with Crippen LogP contribution in [0.15, 0.2) is 77.8 Å². The fourth-order valence-corrected chi connectivity index (χ4v) is 3.45. The van der Waals surface area contributed by atoms with Gasteiger partial charge in [-0.25, -0.2) is 4.98 Å². The van der Waals surface area contributed by atoms with Crippen LogP contribution in [-0.2, 0) is 0 Å². The average molecular weight is 396 g/mol. The molecule has 1 aliphatic rings. The minimum atomic E-state index is -0.0471. The van der Waals surface area contributed by atoms with Crippen LogP contribution in [0, 0.1) is 0 Å². The summed E-state index contributed by atoms with van der Waals surface area (Å²) < 4.78 is 5.64. The van der Waals surface area contributed by atoms with Gasteiger partial charge < -0.3 is 15.0 Å². The highest BCUT2D eigenvalue weighted by molar-refractivity contribution is 6.02. The van der Waals surface area contributed by atoms with E-state index in [0.717, 1.165) is 46.9 Å². The number of benzene rings is 3. The molecule has 0 atom stereocenters. The summed E-state index contributed by atoms with van der Waals surface area (Å²) in [5.41, 5.74) is 4.52. The van der Waals surface area contributed by atoms with Crippen molar-refractivity contribution in [1.29, 1.82) is 0 Å². The summed E-state index contributed by atoms with van der Waals surface area (Å²) >= 11 is 0. The maximum Gasteiger partial charge on any atom is 0.200 e. The van der Waals surface area contributed by atoms with Gasteiger partial charge in [0.2, 0.25) is 0 Å². The number of aromatic nitrogens is 2. The summed E-state index contributed by atoms with van der Waals surface area (Å²) in [6, 6.07) is 22.8. The molecule has 5 rings (SSSR count). The van der Waals surface area contributed by atoms with Crippen molar-refractivity contribution in [3.8, 4) is 17.1 Å². The number of nitrogens with one attached hydrogen (secondary N) is 2. The number of rotatable bonds is 6. The van der Waals surface area contributed by atoms with Gasteiger partial charge in [-0.05, 0) is 42.5 Å². The van der Waals surface area contributed by atoms with Gasteiger partial charge in [0.05, 0.1) is 17.6 Å². The van der Waals surface area contributed by atoms with Gasteiger partial charge in [0.25, 0.3) is 0 Å². The molecule has 148 valence electrons. The topological polar surface area (TPSA) is 79.4 Å². The zero-order valence-electron chi connectivity index (χ0n) is 16.3. The quantitative estimate of drug-likeness (QED) is 0.485. The van der Waals surface area contributed by atoms with Crippen LogP contribution >= 0.6 is 0 Å². The lowest BCUT2D eigenvalue weighted by Crippen LogP contribution is -2.19. The number of aliphatic imine (C=N–C) groups is 1. The lowest BCUT2D eigenvalue weighted by atomic mass is 10.1. The Hall–Kier alpha value is -3.93. The molecule has 2 N–H and O–H groups in total. The Labute approximate surface area is 173 Å². The molecule has 0 saturated heterocycles. The van der Waals surface area contributed by atoms with Crippen molar-refractivity contribution in [3.05, 3.63) is 83.9 Å². The van der Waals surface area contributed by atoms with Crippen LogP contribution in [0.3, 0.4) is 0 Å². The second-order valence-electron chi connectivity index (χ2n) is 7.08.